The van der Waals surface area contributed by atoms with Gasteiger partial charge in [0.05, 0.1) is 4.90 Å². The Bertz CT molecular complexity index is 696. The third-order valence-corrected chi connectivity index (χ3v) is 6.59. The maximum Gasteiger partial charge on any atom is 0.414 e. The number of benzene rings is 1. The number of hydrogen-bond acceptors (Lipinski definition) is 5. The Labute approximate surface area is 153 Å². The van der Waals surface area contributed by atoms with E-state index in [1.807, 2.05) is 6.07 Å². The second-order valence-corrected chi connectivity index (χ2v) is 8.24. The van der Waals surface area contributed by atoms with Gasteiger partial charge in [-0.3, -0.25) is 4.90 Å². The number of aliphatic carboxylic acids is 2. The summed E-state index contributed by atoms with van der Waals surface area (Å²) in [6.07, 6.45) is 5.22. The van der Waals surface area contributed by atoms with E-state index in [-0.39, 0.29) is 0 Å². The molecule has 144 valence electrons. The summed E-state index contributed by atoms with van der Waals surface area (Å²) >= 11 is 0. The fraction of sp³-hybridized carbons (Fsp3) is 0.529. The van der Waals surface area contributed by atoms with Gasteiger partial charge in [0.25, 0.3) is 0 Å². The first-order valence-electron chi connectivity index (χ1n) is 8.58. The monoisotopic (exact) mass is 384 g/mol. The molecule has 1 aromatic rings. The number of carboxylic acid groups (broad SMARTS) is 2. The first-order valence-corrected chi connectivity index (χ1v) is 10.0. The summed E-state index contributed by atoms with van der Waals surface area (Å²) in [6, 6.07) is 9.45. The van der Waals surface area contributed by atoms with Gasteiger partial charge in [-0.2, -0.15) is 4.31 Å². The van der Waals surface area contributed by atoms with Crippen molar-refractivity contribution in [1.29, 1.82) is 0 Å². The van der Waals surface area contributed by atoms with Crippen molar-refractivity contribution < 1.29 is 28.2 Å². The fourth-order valence-electron chi connectivity index (χ4n) is 3.32. The van der Waals surface area contributed by atoms with Gasteiger partial charge in [-0.05, 0) is 25.0 Å². The molecule has 1 saturated heterocycles. The predicted molar refractivity (Wildman–Crippen MR) is 94.3 cm³/mol. The zero-order valence-corrected chi connectivity index (χ0v) is 15.3. The minimum absolute atomic E-state index is 0.411. The molecule has 1 aliphatic heterocycles. The third-order valence-electron chi connectivity index (χ3n) is 4.68. The van der Waals surface area contributed by atoms with Gasteiger partial charge in [0, 0.05) is 32.2 Å². The number of rotatable bonds is 3. The summed E-state index contributed by atoms with van der Waals surface area (Å²) < 4.78 is 26.7. The third kappa shape index (κ3) is 5.26. The van der Waals surface area contributed by atoms with Crippen molar-refractivity contribution in [2.24, 2.45) is 0 Å². The van der Waals surface area contributed by atoms with Crippen LogP contribution in [0, 0.1) is 0 Å². The molecule has 0 radical (unpaired) electrons. The maximum atomic E-state index is 12.5. The number of carbonyl (C=O) groups is 2. The number of piperazine rings is 1. The van der Waals surface area contributed by atoms with E-state index in [1.54, 1.807) is 28.6 Å². The summed E-state index contributed by atoms with van der Waals surface area (Å²) in [5.74, 6) is -3.65. The molecular weight excluding hydrogens is 360 g/mol. The Morgan fingerprint density at radius 2 is 1.38 bits per heavy atom. The van der Waals surface area contributed by atoms with Crippen molar-refractivity contribution in [3.8, 4) is 0 Å². The van der Waals surface area contributed by atoms with Crippen LogP contribution in [0.25, 0.3) is 0 Å². The van der Waals surface area contributed by atoms with Crippen LogP contribution in [-0.2, 0) is 19.6 Å². The summed E-state index contributed by atoms with van der Waals surface area (Å²) in [5.41, 5.74) is 0. The molecule has 1 heterocycles. The molecule has 8 nitrogen and oxygen atoms in total. The summed E-state index contributed by atoms with van der Waals surface area (Å²) in [7, 11) is -3.30. The molecule has 1 saturated carbocycles. The van der Waals surface area contributed by atoms with E-state index >= 15 is 0 Å². The normalized spacial score (nSPS) is 19.5. The van der Waals surface area contributed by atoms with Crippen molar-refractivity contribution >= 4 is 22.0 Å². The van der Waals surface area contributed by atoms with Crippen LogP contribution in [0.5, 0.6) is 0 Å². The molecule has 9 heteroatoms. The first kappa shape index (κ1) is 20.3. The van der Waals surface area contributed by atoms with Gasteiger partial charge in [-0.1, -0.05) is 31.0 Å². The van der Waals surface area contributed by atoms with Crippen LogP contribution in [0.1, 0.15) is 25.7 Å². The number of carboxylic acids is 2. The Hall–Kier alpha value is -1.97. The molecular formula is C17H24N2O6S. The van der Waals surface area contributed by atoms with Gasteiger partial charge in [-0.15, -0.1) is 0 Å². The highest BCUT2D eigenvalue weighted by Gasteiger charge is 2.31. The lowest BCUT2D eigenvalue weighted by molar-refractivity contribution is -0.159. The Morgan fingerprint density at radius 1 is 0.885 bits per heavy atom. The van der Waals surface area contributed by atoms with E-state index in [2.05, 4.69) is 4.90 Å². The van der Waals surface area contributed by atoms with E-state index in [9.17, 15) is 8.42 Å². The lowest BCUT2D eigenvalue weighted by Gasteiger charge is -2.37. The number of sulfonamides is 1. The maximum absolute atomic E-state index is 12.5. The van der Waals surface area contributed by atoms with Gasteiger partial charge in [0.15, 0.2) is 0 Å². The van der Waals surface area contributed by atoms with Crippen molar-refractivity contribution in [2.45, 2.75) is 36.6 Å². The lowest BCUT2D eigenvalue weighted by Crippen LogP contribution is -2.51. The van der Waals surface area contributed by atoms with Crippen LogP contribution in [0.15, 0.2) is 35.2 Å². The number of hydrogen-bond donors (Lipinski definition) is 2. The van der Waals surface area contributed by atoms with Crippen LogP contribution >= 0.6 is 0 Å². The number of nitrogens with zero attached hydrogens (tertiary/aromatic N) is 2. The molecule has 0 amide bonds. The van der Waals surface area contributed by atoms with Gasteiger partial charge >= 0.3 is 11.9 Å². The van der Waals surface area contributed by atoms with E-state index in [0.29, 0.717) is 24.0 Å². The predicted octanol–water partition coefficient (Wildman–Crippen LogP) is 1.09. The molecule has 2 aliphatic rings. The molecule has 1 aromatic carbocycles. The highest BCUT2D eigenvalue weighted by molar-refractivity contribution is 7.89. The second-order valence-electron chi connectivity index (χ2n) is 6.30. The molecule has 0 bridgehead atoms. The zero-order valence-electron chi connectivity index (χ0n) is 14.5. The zero-order chi connectivity index (χ0) is 19.2. The van der Waals surface area contributed by atoms with Crippen LogP contribution < -0.4 is 0 Å². The minimum Gasteiger partial charge on any atom is -0.473 e. The van der Waals surface area contributed by atoms with E-state index < -0.39 is 22.0 Å². The Kier molecular flexibility index (Phi) is 7.13. The molecule has 2 N–H and O–H groups in total. The molecule has 0 aromatic heterocycles. The van der Waals surface area contributed by atoms with Crippen molar-refractivity contribution in [1.82, 2.24) is 9.21 Å². The van der Waals surface area contributed by atoms with Crippen molar-refractivity contribution in [3.05, 3.63) is 30.3 Å². The van der Waals surface area contributed by atoms with Gasteiger partial charge in [0.1, 0.15) is 0 Å². The standard InChI is InChI=1S/C15H22N2O2S.C2H2O4/c18-20(19,15-8-2-1-3-9-15)17-12-10-16(11-13-17)14-6-4-5-7-14;3-1(4)2(5)6/h1-3,8-9,14H,4-7,10-13H2;(H,3,4)(H,5,6). The first-order chi connectivity index (χ1) is 12.3. The fourth-order valence-corrected chi connectivity index (χ4v) is 4.76. The van der Waals surface area contributed by atoms with Crippen LogP contribution in [0.4, 0.5) is 0 Å². The summed E-state index contributed by atoms with van der Waals surface area (Å²) in [5, 5.41) is 14.8. The van der Waals surface area contributed by atoms with Crippen LogP contribution in [0.2, 0.25) is 0 Å². The molecule has 0 unspecified atom stereocenters. The smallest absolute Gasteiger partial charge is 0.414 e. The van der Waals surface area contributed by atoms with Gasteiger partial charge in [0.2, 0.25) is 10.0 Å². The average molecular weight is 384 g/mol. The molecule has 1 aliphatic carbocycles. The molecule has 0 spiro atoms. The molecule has 0 atom stereocenters. The van der Waals surface area contributed by atoms with E-state index in [0.717, 1.165) is 13.1 Å². The quantitative estimate of drug-likeness (QED) is 0.750. The average Bonchev–Trinajstić information content (AvgIpc) is 3.18. The van der Waals surface area contributed by atoms with Crippen molar-refractivity contribution in [3.63, 3.8) is 0 Å². The van der Waals surface area contributed by atoms with Gasteiger partial charge < -0.3 is 10.2 Å². The molecule has 26 heavy (non-hydrogen) atoms. The highest BCUT2D eigenvalue weighted by atomic mass is 32.2. The topological polar surface area (TPSA) is 115 Å². The highest BCUT2D eigenvalue weighted by Crippen LogP contribution is 2.25. The molecule has 2 fully saturated rings. The van der Waals surface area contributed by atoms with Crippen molar-refractivity contribution in [2.75, 3.05) is 26.2 Å². The van der Waals surface area contributed by atoms with Crippen LogP contribution in [0.3, 0.4) is 0 Å². The van der Waals surface area contributed by atoms with E-state index in [1.165, 1.54) is 25.7 Å². The lowest BCUT2D eigenvalue weighted by atomic mass is 10.2. The Balaban J connectivity index is 0.000000352. The Morgan fingerprint density at radius 3 is 1.85 bits per heavy atom. The summed E-state index contributed by atoms with van der Waals surface area (Å²) in [4.78, 5) is 21.1. The minimum atomic E-state index is -3.30. The second kappa shape index (κ2) is 9.11. The summed E-state index contributed by atoms with van der Waals surface area (Å²) in [6.45, 7) is 2.98. The van der Waals surface area contributed by atoms with E-state index in [4.69, 9.17) is 19.8 Å². The molecule has 3 rings (SSSR count). The largest absolute Gasteiger partial charge is 0.473 e. The van der Waals surface area contributed by atoms with Crippen LogP contribution in [-0.4, -0.2) is 72.0 Å². The van der Waals surface area contributed by atoms with Gasteiger partial charge in [-0.25, -0.2) is 18.0 Å². The SMILES string of the molecule is O=C(O)C(=O)O.O=S(=O)(c1ccccc1)N1CCN(C2CCCC2)CC1.